The van der Waals surface area contributed by atoms with E-state index >= 15 is 0 Å². The van der Waals surface area contributed by atoms with Crippen molar-refractivity contribution in [3.05, 3.63) is 20.3 Å². The summed E-state index contributed by atoms with van der Waals surface area (Å²) in [6, 6.07) is 2.32. The first-order chi connectivity index (χ1) is 10.6. The Morgan fingerprint density at radius 1 is 1.41 bits per heavy atom. The molecule has 1 aliphatic heterocycles. The molecule has 3 nitrogen and oxygen atoms in total. The Balaban J connectivity index is 1.83. The SMILES string of the molecule is CCCN(C(=O)CCCc1cc(Cl)sc1Cl)C1CCNCC1. The Morgan fingerprint density at radius 3 is 2.73 bits per heavy atom. The molecule has 2 rings (SSSR count). The van der Waals surface area contributed by atoms with Gasteiger partial charge in [0.15, 0.2) is 0 Å². The lowest BCUT2D eigenvalue weighted by Gasteiger charge is -2.34. The van der Waals surface area contributed by atoms with Crippen molar-refractivity contribution in [3.63, 3.8) is 0 Å². The molecule has 1 aromatic heterocycles. The summed E-state index contributed by atoms with van der Waals surface area (Å²) in [5.74, 6) is 0.284. The maximum Gasteiger partial charge on any atom is 0.222 e. The Kier molecular flexibility index (Phi) is 7.48. The van der Waals surface area contributed by atoms with Crippen LogP contribution in [0.5, 0.6) is 0 Å². The molecule has 0 bridgehead atoms. The van der Waals surface area contributed by atoms with Gasteiger partial charge in [-0.3, -0.25) is 4.79 Å². The van der Waals surface area contributed by atoms with Crippen molar-refractivity contribution in [1.29, 1.82) is 0 Å². The maximum absolute atomic E-state index is 12.6. The van der Waals surface area contributed by atoms with Crippen molar-refractivity contribution >= 4 is 40.4 Å². The van der Waals surface area contributed by atoms with E-state index < -0.39 is 0 Å². The Morgan fingerprint density at radius 2 is 2.14 bits per heavy atom. The summed E-state index contributed by atoms with van der Waals surface area (Å²) >= 11 is 13.5. The van der Waals surface area contributed by atoms with Gasteiger partial charge in [0, 0.05) is 19.0 Å². The van der Waals surface area contributed by atoms with Crippen LogP contribution in [0, 0.1) is 0 Å². The molecule has 0 spiro atoms. The average molecular weight is 363 g/mol. The number of carbonyl (C=O) groups is 1. The van der Waals surface area contributed by atoms with Crippen molar-refractivity contribution in [1.82, 2.24) is 10.2 Å². The minimum atomic E-state index is 0.284. The third-order valence-corrected chi connectivity index (χ3v) is 5.67. The molecular weight excluding hydrogens is 339 g/mol. The van der Waals surface area contributed by atoms with E-state index in [1.807, 2.05) is 6.07 Å². The van der Waals surface area contributed by atoms with Crippen LogP contribution >= 0.6 is 34.5 Å². The molecule has 1 aromatic rings. The zero-order valence-corrected chi connectivity index (χ0v) is 15.4. The fourth-order valence-electron chi connectivity index (χ4n) is 2.99. The van der Waals surface area contributed by atoms with Crippen molar-refractivity contribution in [2.45, 2.75) is 51.5 Å². The van der Waals surface area contributed by atoms with E-state index in [0.29, 0.717) is 16.8 Å². The molecule has 1 saturated heterocycles. The van der Waals surface area contributed by atoms with Gasteiger partial charge in [0.1, 0.15) is 0 Å². The zero-order valence-electron chi connectivity index (χ0n) is 13.0. The van der Waals surface area contributed by atoms with Crippen LogP contribution in [0.1, 0.15) is 44.6 Å². The molecule has 1 fully saturated rings. The van der Waals surface area contributed by atoms with E-state index in [4.69, 9.17) is 23.2 Å². The van der Waals surface area contributed by atoms with Gasteiger partial charge in [-0.1, -0.05) is 30.1 Å². The molecule has 1 N–H and O–H groups in total. The molecular formula is C16H24Cl2N2OS. The van der Waals surface area contributed by atoms with E-state index in [1.165, 1.54) is 11.3 Å². The summed E-state index contributed by atoms with van der Waals surface area (Å²) in [5.41, 5.74) is 1.06. The summed E-state index contributed by atoms with van der Waals surface area (Å²) in [6.45, 7) is 5.03. The largest absolute Gasteiger partial charge is 0.340 e. The van der Waals surface area contributed by atoms with Crippen LogP contribution in [-0.4, -0.2) is 36.5 Å². The van der Waals surface area contributed by atoms with Gasteiger partial charge in [0.2, 0.25) is 5.91 Å². The lowest BCUT2D eigenvalue weighted by molar-refractivity contribution is -0.134. The Bertz CT molecular complexity index is 486. The van der Waals surface area contributed by atoms with Gasteiger partial charge in [0.25, 0.3) is 0 Å². The van der Waals surface area contributed by atoms with E-state index in [2.05, 4.69) is 17.1 Å². The van der Waals surface area contributed by atoms with Gasteiger partial charge in [-0.15, -0.1) is 11.3 Å². The first kappa shape index (κ1) is 18.1. The van der Waals surface area contributed by atoms with E-state index in [0.717, 1.165) is 61.6 Å². The van der Waals surface area contributed by atoms with Crippen LogP contribution in [0.4, 0.5) is 0 Å². The zero-order chi connectivity index (χ0) is 15.9. The highest BCUT2D eigenvalue weighted by Gasteiger charge is 2.24. The minimum absolute atomic E-state index is 0.284. The van der Waals surface area contributed by atoms with Crippen molar-refractivity contribution in [2.24, 2.45) is 0 Å². The first-order valence-electron chi connectivity index (χ1n) is 8.05. The molecule has 2 heterocycles. The van der Waals surface area contributed by atoms with Crippen molar-refractivity contribution in [2.75, 3.05) is 19.6 Å². The van der Waals surface area contributed by atoms with Crippen molar-refractivity contribution < 1.29 is 4.79 Å². The van der Waals surface area contributed by atoms with Gasteiger partial charge in [0.05, 0.1) is 8.67 Å². The summed E-state index contributed by atoms with van der Waals surface area (Å²) in [7, 11) is 0. The van der Waals surface area contributed by atoms with Gasteiger partial charge >= 0.3 is 0 Å². The molecule has 0 radical (unpaired) electrons. The lowest BCUT2D eigenvalue weighted by atomic mass is 10.0. The number of rotatable bonds is 7. The van der Waals surface area contributed by atoms with Gasteiger partial charge in [-0.2, -0.15) is 0 Å². The molecule has 0 saturated carbocycles. The topological polar surface area (TPSA) is 32.3 Å². The Labute approximate surface area is 147 Å². The van der Waals surface area contributed by atoms with Crippen LogP contribution in [0.15, 0.2) is 6.07 Å². The third kappa shape index (κ3) is 5.12. The molecule has 124 valence electrons. The van der Waals surface area contributed by atoms with Crippen LogP contribution < -0.4 is 5.32 Å². The standard InChI is InChI=1S/C16H24Cl2N2OS/c1-2-10-20(13-6-8-19-9-7-13)15(21)5-3-4-12-11-14(17)22-16(12)18/h11,13,19H,2-10H2,1H3. The first-order valence-corrected chi connectivity index (χ1v) is 9.63. The predicted octanol–water partition coefficient (Wildman–Crippen LogP) is 4.37. The van der Waals surface area contributed by atoms with E-state index in [1.54, 1.807) is 0 Å². The number of thiophene rings is 1. The lowest BCUT2D eigenvalue weighted by Crippen LogP contribution is -2.46. The van der Waals surface area contributed by atoms with Gasteiger partial charge in [-0.05, 0) is 56.8 Å². The van der Waals surface area contributed by atoms with Crippen LogP contribution in [0.2, 0.25) is 8.67 Å². The van der Waals surface area contributed by atoms with Crippen molar-refractivity contribution in [3.8, 4) is 0 Å². The molecule has 1 aliphatic rings. The summed E-state index contributed by atoms with van der Waals surface area (Å²) in [5, 5.41) is 3.36. The molecule has 0 aromatic carbocycles. The van der Waals surface area contributed by atoms with Crippen LogP contribution in [-0.2, 0) is 11.2 Å². The number of piperidine rings is 1. The quantitative estimate of drug-likeness (QED) is 0.780. The highest BCUT2D eigenvalue weighted by atomic mass is 35.5. The predicted molar refractivity (Wildman–Crippen MR) is 95.2 cm³/mol. The Hall–Kier alpha value is -0.290. The number of hydrogen-bond acceptors (Lipinski definition) is 3. The third-order valence-electron chi connectivity index (χ3n) is 4.10. The monoisotopic (exact) mass is 362 g/mol. The molecule has 0 atom stereocenters. The number of carbonyl (C=O) groups excluding carboxylic acids is 1. The summed E-state index contributed by atoms with van der Waals surface area (Å²) in [6.07, 6.45) is 5.39. The molecule has 0 unspecified atom stereocenters. The van der Waals surface area contributed by atoms with E-state index in [-0.39, 0.29) is 5.91 Å². The second-order valence-corrected chi connectivity index (χ2v) is 8.06. The molecule has 1 amide bonds. The molecule has 6 heteroatoms. The minimum Gasteiger partial charge on any atom is -0.340 e. The number of amides is 1. The second kappa shape index (κ2) is 9.11. The highest BCUT2D eigenvalue weighted by Crippen LogP contribution is 2.32. The highest BCUT2D eigenvalue weighted by molar-refractivity contribution is 7.20. The number of nitrogens with one attached hydrogen (secondary N) is 1. The van der Waals surface area contributed by atoms with Gasteiger partial charge < -0.3 is 10.2 Å². The smallest absolute Gasteiger partial charge is 0.222 e. The average Bonchev–Trinajstić information content (AvgIpc) is 2.83. The number of hydrogen-bond donors (Lipinski definition) is 1. The fraction of sp³-hybridized carbons (Fsp3) is 0.688. The number of nitrogens with zero attached hydrogens (tertiary/aromatic N) is 1. The summed E-state index contributed by atoms with van der Waals surface area (Å²) in [4.78, 5) is 14.7. The molecule has 0 aliphatic carbocycles. The molecule has 22 heavy (non-hydrogen) atoms. The van der Waals surface area contributed by atoms with Crippen LogP contribution in [0.3, 0.4) is 0 Å². The normalized spacial score (nSPS) is 16.0. The number of aryl methyl sites for hydroxylation is 1. The maximum atomic E-state index is 12.6. The summed E-state index contributed by atoms with van der Waals surface area (Å²) < 4.78 is 1.47. The fourth-order valence-corrected chi connectivity index (χ4v) is 4.53. The second-order valence-electron chi connectivity index (χ2n) is 5.77. The van der Waals surface area contributed by atoms with E-state index in [9.17, 15) is 4.79 Å². The van der Waals surface area contributed by atoms with Crippen LogP contribution in [0.25, 0.3) is 0 Å². The number of halogens is 2. The van der Waals surface area contributed by atoms with Gasteiger partial charge in [-0.25, -0.2) is 0 Å².